The highest BCUT2D eigenvalue weighted by molar-refractivity contribution is 14.0. The maximum atomic E-state index is 6.14. The monoisotopic (exact) mass is 443 g/mol. The van der Waals surface area contributed by atoms with Crippen LogP contribution in [0.5, 0.6) is 0 Å². The predicted molar refractivity (Wildman–Crippen MR) is 111 cm³/mol. The molecule has 0 spiro atoms. The SMILES string of the molecule is CCC(C)c1ccc(NC(N)=NC2C3CCOC3C2(C)C)cc1.I. The Hall–Kier alpha value is -0.820. The average molecular weight is 443 g/mol. The molecule has 1 aromatic carbocycles. The van der Waals surface area contributed by atoms with Crippen LogP contribution in [-0.2, 0) is 4.74 Å². The Balaban J connectivity index is 0.00000208. The molecule has 4 atom stereocenters. The van der Waals surface area contributed by atoms with Crippen LogP contribution in [-0.4, -0.2) is 24.7 Å². The van der Waals surface area contributed by atoms with E-state index >= 15 is 0 Å². The van der Waals surface area contributed by atoms with Gasteiger partial charge in [0.25, 0.3) is 0 Å². The van der Waals surface area contributed by atoms with Gasteiger partial charge in [-0.25, -0.2) is 4.99 Å². The Kier molecular flexibility index (Phi) is 6.18. The van der Waals surface area contributed by atoms with Crippen molar-refractivity contribution in [3.63, 3.8) is 0 Å². The van der Waals surface area contributed by atoms with Crippen molar-refractivity contribution in [3.8, 4) is 0 Å². The molecule has 1 saturated carbocycles. The molecule has 1 aliphatic heterocycles. The Morgan fingerprint density at radius 3 is 2.67 bits per heavy atom. The molecule has 134 valence electrons. The Bertz CT molecular complexity index is 585. The fourth-order valence-electron chi connectivity index (χ4n) is 4.02. The van der Waals surface area contributed by atoms with Crippen LogP contribution < -0.4 is 11.1 Å². The molecule has 1 heterocycles. The third-order valence-electron chi connectivity index (χ3n) is 5.68. The summed E-state index contributed by atoms with van der Waals surface area (Å²) < 4.78 is 5.81. The highest BCUT2D eigenvalue weighted by atomic mass is 127. The molecular formula is C19H30IN3O. The van der Waals surface area contributed by atoms with Crippen molar-refractivity contribution >= 4 is 35.6 Å². The first-order valence-corrected chi connectivity index (χ1v) is 8.75. The summed E-state index contributed by atoms with van der Waals surface area (Å²) in [6.07, 6.45) is 2.59. The third-order valence-corrected chi connectivity index (χ3v) is 5.68. The molecule has 3 N–H and O–H groups in total. The number of benzene rings is 1. The van der Waals surface area contributed by atoms with Crippen molar-refractivity contribution in [2.45, 2.75) is 58.6 Å². The second-order valence-corrected chi connectivity index (χ2v) is 7.58. The molecule has 2 aliphatic rings. The van der Waals surface area contributed by atoms with E-state index in [-0.39, 0.29) is 35.4 Å². The first-order valence-electron chi connectivity index (χ1n) is 8.75. The molecule has 1 saturated heterocycles. The van der Waals surface area contributed by atoms with Crippen LogP contribution in [0.3, 0.4) is 0 Å². The lowest BCUT2D eigenvalue weighted by Crippen LogP contribution is -2.59. The fourth-order valence-corrected chi connectivity index (χ4v) is 4.02. The van der Waals surface area contributed by atoms with E-state index in [1.165, 1.54) is 5.56 Å². The van der Waals surface area contributed by atoms with Gasteiger partial charge in [0, 0.05) is 23.6 Å². The highest BCUT2D eigenvalue weighted by Gasteiger charge is 2.59. The third kappa shape index (κ3) is 3.57. The van der Waals surface area contributed by atoms with Gasteiger partial charge in [0.05, 0.1) is 12.1 Å². The second kappa shape index (κ2) is 7.60. The first-order chi connectivity index (χ1) is 10.9. The predicted octanol–water partition coefficient (Wildman–Crippen LogP) is 4.36. The number of anilines is 1. The smallest absolute Gasteiger partial charge is 0.193 e. The van der Waals surface area contributed by atoms with Crippen LogP contribution in [0.15, 0.2) is 29.3 Å². The van der Waals surface area contributed by atoms with Crippen molar-refractivity contribution in [3.05, 3.63) is 29.8 Å². The number of nitrogens with zero attached hydrogens (tertiary/aromatic N) is 1. The highest BCUT2D eigenvalue weighted by Crippen LogP contribution is 2.53. The van der Waals surface area contributed by atoms with E-state index in [0.717, 1.165) is 25.1 Å². The number of hydrogen-bond donors (Lipinski definition) is 2. The van der Waals surface area contributed by atoms with Gasteiger partial charge < -0.3 is 15.8 Å². The summed E-state index contributed by atoms with van der Waals surface area (Å²) >= 11 is 0. The van der Waals surface area contributed by atoms with Gasteiger partial charge in [-0.05, 0) is 36.5 Å². The van der Waals surface area contributed by atoms with Crippen LogP contribution >= 0.6 is 24.0 Å². The maximum Gasteiger partial charge on any atom is 0.193 e. The first kappa shape index (κ1) is 19.5. The number of ether oxygens (including phenoxy) is 1. The van der Waals surface area contributed by atoms with Crippen molar-refractivity contribution in [2.75, 3.05) is 11.9 Å². The minimum atomic E-state index is 0. The van der Waals surface area contributed by atoms with E-state index in [1.54, 1.807) is 0 Å². The van der Waals surface area contributed by atoms with E-state index in [9.17, 15) is 0 Å². The van der Waals surface area contributed by atoms with E-state index in [4.69, 9.17) is 15.5 Å². The molecule has 3 rings (SSSR count). The number of hydrogen-bond acceptors (Lipinski definition) is 2. The molecule has 0 aromatic heterocycles. The fraction of sp³-hybridized carbons (Fsp3) is 0.632. The van der Waals surface area contributed by atoms with Crippen LogP contribution in [0.1, 0.15) is 52.0 Å². The van der Waals surface area contributed by atoms with E-state index < -0.39 is 0 Å². The Morgan fingerprint density at radius 1 is 1.38 bits per heavy atom. The molecule has 4 unspecified atom stereocenters. The van der Waals surface area contributed by atoms with E-state index in [2.05, 4.69) is 57.3 Å². The zero-order chi connectivity index (χ0) is 16.6. The van der Waals surface area contributed by atoms with E-state index in [1.807, 2.05) is 0 Å². The molecule has 24 heavy (non-hydrogen) atoms. The summed E-state index contributed by atoms with van der Waals surface area (Å²) in [7, 11) is 0. The lowest BCUT2D eigenvalue weighted by atomic mass is 9.57. The minimum absolute atomic E-state index is 0. The normalized spacial score (nSPS) is 29.2. The molecule has 0 bridgehead atoms. The van der Waals surface area contributed by atoms with Crippen molar-refractivity contribution in [1.29, 1.82) is 0 Å². The average Bonchev–Trinajstić information content (AvgIpc) is 3.00. The van der Waals surface area contributed by atoms with Crippen molar-refractivity contribution in [2.24, 2.45) is 22.1 Å². The van der Waals surface area contributed by atoms with Gasteiger partial charge in [-0.3, -0.25) is 0 Å². The molecule has 4 nitrogen and oxygen atoms in total. The van der Waals surface area contributed by atoms with Crippen molar-refractivity contribution in [1.82, 2.24) is 0 Å². The maximum absolute atomic E-state index is 6.14. The molecule has 0 radical (unpaired) electrons. The lowest BCUT2D eigenvalue weighted by Gasteiger charge is -2.52. The van der Waals surface area contributed by atoms with Gasteiger partial charge in [0.2, 0.25) is 0 Å². The topological polar surface area (TPSA) is 59.6 Å². The summed E-state index contributed by atoms with van der Waals surface area (Å²) in [6, 6.07) is 8.74. The summed E-state index contributed by atoms with van der Waals surface area (Å²) in [6.45, 7) is 9.76. The van der Waals surface area contributed by atoms with Gasteiger partial charge in [0.1, 0.15) is 0 Å². The quantitative estimate of drug-likeness (QED) is 0.413. The van der Waals surface area contributed by atoms with Gasteiger partial charge in [-0.1, -0.05) is 39.8 Å². The number of nitrogens with two attached hydrogens (primary N) is 1. The molecular weight excluding hydrogens is 413 g/mol. The van der Waals surface area contributed by atoms with Crippen molar-refractivity contribution < 1.29 is 4.74 Å². The number of fused-ring (bicyclic) bond motifs is 1. The molecule has 5 heteroatoms. The molecule has 0 amide bonds. The van der Waals surface area contributed by atoms with Gasteiger partial charge in [-0.15, -0.1) is 24.0 Å². The van der Waals surface area contributed by atoms with Crippen LogP contribution in [0.25, 0.3) is 0 Å². The summed E-state index contributed by atoms with van der Waals surface area (Å²) in [5.74, 6) is 1.62. The number of rotatable bonds is 4. The largest absolute Gasteiger partial charge is 0.377 e. The van der Waals surface area contributed by atoms with E-state index in [0.29, 0.717) is 23.9 Å². The van der Waals surface area contributed by atoms with Gasteiger partial charge in [0.15, 0.2) is 5.96 Å². The van der Waals surface area contributed by atoms with Crippen LogP contribution in [0.2, 0.25) is 0 Å². The number of halogens is 1. The molecule has 1 aromatic rings. The summed E-state index contributed by atoms with van der Waals surface area (Å²) in [5, 5.41) is 3.23. The number of aliphatic imine (C=N–C) groups is 1. The van der Waals surface area contributed by atoms with Gasteiger partial charge in [-0.2, -0.15) is 0 Å². The Labute approximate surface area is 162 Å². The van der Waals surface area contributed by atoms with Crippen LogP contribution in [0.4, 0.5) is 5.69 Å². The zero-order valence-corrected chi connectivity index (χ0v) is 17.4. The summed E-state index contributed by atoms with van der Waals surface area (Å²) in [5.41, 5.74) is 8.58. The number of nitrogens with one attached hydrogen (secondary N) is 1. The summed E-state index contributed by atoms with van der Waals surface area (Å²) in [4.78, 5) is 4.75. The van der Waals surface area contributed by atoms with Gasteiger partial charge >= 0.3 is 0 Å². The standard InChI is InChI=1S/C19H29N3O.HI/c1-5-12(2)13-6-8-14(9-7-13)21-18(20)22-16-15-10-11-23-17(15)19(16,3)4;/h6-9,12,15-17H,5,10-11H2,1-4H3,(H3,20,21,22);1H. The van der Waals surface area contributed by atoms with Crippen LogP contribution in [0, 0.1) is 11.3 Å². The zero-order valence-electron chi connectivity index (χ0n) is 15.1. The second-order valence-electron chi connectivity index (χ2n) is 7.58. The minimum Gasteiger partial charge on any atom is -0.377 e. The Morgan fingerprint density at radius 2 is 2.04 bits per heavy atom. The lowest BCUT2D eigenvalue weighted by molar-refractivity contribution is -0.0985. The molecule has 2 fully saturated rings. The molecule has 1 aliphatic carbocycles. The number of guanidine groups is 1.